The predicted octanol–water partition coefficient (Wildman–Crippen LogP) is 4.45. The van der Waals surface area contributed by atoms with Gasteiger partial charge < -0.3 is 15.0 Å². The van der Waals surface area contributed by atoms with Crippen LogP contribution in [0.4, 0.5) is 0 Å². The molecular formula is C25H25N3O3S. The Labute approximate surface area is 192 Å². The van der Waals surface area contributed by atoms with E-state index in [2.05, 4.69) is 10.3 Å². The van der Waals surface area contributed by atoms with E-state index in [0.29, 0.717) is 17.8 Å². The lowest BCUT2D eigenvalue weighted by Crippen LogP contribution is -2.37. The molecule has 0 saturated carbocycles. The van der Waals surface area contributed by atoms with Crippen molar-refractivity contribution in [3.05, 3.63) is 93.7 Å². The second-order valence-electron chi connectivity index (χ2n) is 7.73. The minimum absolute atomic E-state index is 0.0875. The molecule has 0 bridgehead atoms. The van der Waals surface area contributed by atoms with E-state index in [1.54, 1.807) is 0 Å². The molecule has 7 heteroatoms. The number of hydrogen-bond donors (Lipinski definition) is 1. The van der Waals surface area contributed by atoms with E-state index in [4.69, 9.17) is 4.74 Å². The molecule has 6 nitrogen and oxygen atoms in total. The van der Waals surface area contributed by atoms with Crippen molar-refractivity contribution in [3.63, 3.8) is 0 Å². The summed E-state index contributed by atoms with van der Waals surface area (Å²) in [5.74, 6) is -0.504. The highest BCUT2D eigenvalue weighted by Crippen LogP contribution is 2.44. The standard InChI is InChI=1S/C25H25N3O3S/c1-16-9-11-19(12-10-16)23-22(24(30)31-3)17(2)27-25-28(23)20(15-32-25)13-21(29)26-14-18-7-5-4-6-8-18/h4-12,15,23H,13-14H2,1-3H3,(H,26,29). The number of thioether (sulfide) groups is 1. The van der Waals surface area contributed by atoms with Crippen LogP contribution in [0.5, 0.6) is 0 Å². The van der Waals surface area contributed by atoms with Crippen molar-refractivity contribution in [2.75, 3.05) is 7.11 Å². The van der Waals surface area contributed by atoms with Crippen molar-refractivity contribution >= 4 is 28.8 Å². The average molecular weight is 448 g/mol. The molecule has 1 unspecified atom stereocenters. The highest BCUT2D eigenvalue weighted by molar-refractivity contribution is 8.16. The van der Waals surface area contributed by atoms with E-state index in [0.717, 1.165) is 27.6 Å². The van der Waals surface area contributed by atoms with Crippen LogP contribution in [0.25, 0.3) is 0 Å². The predicted molar refractivity (Wildman–Crippen MR) is 126 cm³/mol. The Morgan fingerprint density at radius 1 is 1.09 bits per heavy atom. The SMILES string of the molecule is COC(=O)C1=C(C)N=C2SC=C(CC(=O)NCc3ccccc3)N2C1c1ccc(C)cc1. The summed E-state index contributed by atoms with van der Waals surface area (Å²) >= 11 is 1.47. The summed E-state index contributed by atoms with van der Waals surface area (Å²) in [7, 11) is 1.38. The van der Waals surface area contributed by atoms with Gasteiger partial charge in [-0.1, -0.05) is 71.9 Å². The molecule has 1 N–H and O–H groups in total. The minimum Gasteiger partial charge on any atom is -0.466 e. The minimum atomic E-state index is -0.416. The molecule has 2 heterocycles. The van der Waals surface area contributed by atoms with Crippen molar-refractivity contribution in [2.24, 2.45) is 4.99 Å². The van der Waals surface area contributed by atoms with Crippen molar-refractivity contribution < 1.29 is 14.3 Å². The normalized spacial score (nSPS) is 17.5. The Morgan fingerprint density at radius 2 is 1.81 bits per heavy atom. The van der Waals surface area contributed by atoms with Crippen molar-refractivity contribution in [3.8, 4) is 0 Å². The van der Waals surface area contributed by atoms with Gasteiger partial charge in [-0.05, 0) is 30.4 Å². The van der Waals surface area contributed by atoms with E-state index in [1.807, 2.05) is 78.8 Å². The maximum atomic E-state index is 12.7. The van der Waals surface area contributed by atoms with Gasteiger partial charge in [0.05, 0.1) is 30.8 Å². The lowest BCUT2D eigenvalue weighted by Gasteiger charge is -2.36. The van der Waals surface area contributed by atoms with E-state index < -0.39 is 12.0 Å². The zero-order valence-electron chi connectivity index (χ0n) is 18.3. The van der Waals surface area contributed by atoms with E-state index >= 15 is 0 Å². The molecule has 164 valence electrons. The highest BCUT2D eigenvalue weighted by atomic mass is 32.2. The number of carbonyl (C=O) groups excluding carboxylic acids is 2. The number of methoxy groups -OCH3 is 1. The van der Waals surface area contributed by atoms with E-state index in [-0.39, 0.29) is 12.3 Å². The first-order valence-corrected chi connectivity index (χ1v) is 11.3. The van der Waals surface area contributed by atoms with Crippen molar-refractivity contribution in [1.82, 2.24) is 10.2 Å². The number of aliphatic imine (C=N–C) groups is 1. The summed E-state index contributed by atoms with van der Waals surface area (Å²) < 4.78 is 5.09. The fraction of sp³-hybridized carbons (Fsp3) is 0.240. The number of esters is 1. The van der Waals surface area contributed by atoms with Crippen molar-refractivity contribution in [2.45, 2.75) is 32.9 Å². The van der Waals surface area contributed by atoms with Crippen LogP contribution >= 0.6 is 11.8 Å². The first-order chi connectivity index (χ1) is 15.5. The van der Waals surface area contributed by atoms with Gasteiger partial charge in [0, 0.05) is 12.2 Å². The molecule has 4 rings (SSSR count). The van der Waals surface area contributed by atoms with Gasteiger partial charge in [-0.25, -0.2) is 9.79 Å². The second kappa shape index (κ2) is 9.44. The second-order valence-corrected chi connectivity index (χ2v) is 8.57. The third-order valence-electron chi connectivity index (χ3n) is 5.47. The number of carbonyl (C=O) groups is 2. The number of amides is 1. The topological polar surface area (TPSA) is 71.0 Å². The third-order valence-corrected chi connectivity index (χ3v) is 6.36. The molecule has 0 aliphatic carbocycles. The fourth-order valence-corrected chi connectivity index (χ4v) is 4.79. The van der Waals surface area contributed by atoms with Gasteiger partial charge >= 0.3 is 5.97 Å². The Kier molecular flexibility index (Phi) is 6.46. The molecule has 2 aromatic rings. The maximum Gasteiger partial charge on any atom is 0.338 e. The number of hydrogen-bond acceptors (Lipinski definition) is 6. The largest absolute Gasteiger partial charge is 0.466 e. The maximum absolute atomic E-state index is 12.7. The number of rotatable bonds is 6. The van der Waals surface area contributed by atoms with Gasteiger partial charge in [0.25, 0.3) is 0 Å². The molecule has 1 amide bonds. The van der Waals surface area contributed by atoms with E-state index in [1.165, 1.54) is 18.9 Å². The van der Waals surface area contributed by atoms with Gasteiger partial charge in [-0.3, -0.25) is 4.79 Å². The first kappa shape index (κ1) is 21.9. The number of aryl methyl sites for hydroxylation is 1. The molecule has 0 spiro atoms. The van der Waals surface area contributed by atoms with Gasteiger partial charge in [0.15, 0.2) is 5.17 Å². The van der Waals surface area contributed by atoms with Crippen LogP contribution in [0.3, 0.4) is 0 Å². The summed E-state index contributed by atoms with van der Waals surface area (Å²) in [6.45, 7) is 4.31. The fourth-order valence-electron chi connectivity index (χ4n) is 3.83. The van der Waals surface area contributed by atoms with Crippen LogP contribution in [-0.2, 0) is 20.9 Å². The van der Waals surface area contributed by atoms with Crippen LogP contribution in [0.2, 0.25) is 0 Å². The zero-order chi connectivity index (χ0) is 22.7. The average Bonchev–Trinajstić information content (AvgIpc) is 3.19. The first-order valence-electron chi connectivity index (χ1n) is 10.4. The lowest BCUT2D eigenvalue weighted by atomic mass is 9.93. The lowest BCUT2D eigenvalue weighted by molar-refractivity contribution is -0.136. The summed E-state index contributed by atoms with van der Waals surface area (Å²) in [6, 6.07) is 17.4. The molecule has 2 aliphatic rings. The quantitative estimate of drug-likeness (QED) is 0.663. The van der Waals surface area contributed by atoms with Gasteiger partial charge in [0.2, 0.25) is 5.91 Å². The molecule has 0 radical (unpaired) electrons. The van der Waals surface area contributed by atoms with E-state index in [9.17, 15) is 9.59 Å². The monoisotopic (exact) mass is 447 g/mol. The van der Waals surface area contributed by atoms with Crippen molar-refractivity contribution in [1.29, 1.82) is 0 Å². The molecule has 0 saturated heterocycles. The number of amidine groups is 1. The Morgan fingerprint density at radius 3 is 2.50 bits per heavy atom. The Bertz CT molecular complexity index is 1120. The number of ether oxygens (including phenoxy) is 1. The zero-order valence-corrected chi connectivity index (χ0v) is 19.1. The molecule has 0 aromatic heterocycles. The van der Waals surface area contributed by atoms with Gasteiger partial charge in [-0.2, -0.15) is 0 Å². The molecule has 2 aliphatic heterocycles. The van der Waals surface area contributed by atoms with Crippen LogP contribution < -0.4 is 5.32 Å². The van der Waals surface area contributed by atoms with Crippen LogP contribution in [0.1, 0.15) is 36.1 Å². The number of nitrogens with zero attached hydrogens (tertiary/aromatic N) is 2. The smallest absolute Gasteiger partial charge is 0.338 e. The van der Waals surface area contributed by atoms with Crippen LogP contribution in [0, 0.1) is 6.92 Å². The highest BCUT2D eigenvalue weighted by Gasteiger charge is 2.40. The number of benzene rings is 2. The van der Waals surface area contributed by atoms with Crippen LogP contribution in [0.15, 0.2) is 82.0 Å². The molecule has 32 heavy (non-hydrogen) atoms. The third kappa shape index (κ3) is 4.48. The summed E-state index contributed by atoms with van der Waals surface area (Å²) in [5.41, 5.74) is 5.03. The number of nitrogens with one attached hydrogen (secondary N) is 1. The Balaban J connectivity index is 1.60. The molecule has 1 atom stereocenters. The summed E-state index contributed by atoms with van der Waals surface area (Å²) in [5, 5.41) is 5.67. The van der Waals surface area contributed by atoms with Crippen LogP contribution in [-0.4, -0.2) is 29.1 Å². The van der Waals surface area contributed by atoms with Gasteiger partial charge in [0.1, 0.15) is 0 Å². The summed E-state index contributed by atoms with van der Waals surface area (Å²) in [4.78, 5) is 32.1. The molecular weight excluding hydrogens is 422 g/mol. The van der Waals surface area contributed by atoms with Gasteiger partial charge in [-0.15, -0.1) is 0 Å². The number of fused-ring (bicyclic) bond motifs is 1. The number of allylic oxidation sites excluding steroid dienone is 1. The molecule has 2 aromatic carbocycles. The summed E-state index contributed by atoms with van der Waals surface area (Å²) in [6.07, 6.45) is 0.189. The molecule has 0 fully saturated rings. The Hall–Kier alpha value is -3.32.